The van der Waals surface area contributed by atoms with Gasteiger partial charge in [-0.25, -0.2) is 0 Å². The molecular weight excluding hydrogens is 232 g/mol. The predicted octanol–water partition coefficient (Wildman–Crippen LogP) is 3.13. The normalized spacial score (nSPS) is 43.5. The van der Waals surface area contributed by atoms with Crippen LogP contribution < -0.4 is 5.32 Å². The average Bonchev–Trinajstić information content (AvgIpc) is 2.82. The number of nitrogens with zero attached hydrogens (tertiary/aromatic N) is 1. The molecule has 0 aromatic carbocycles. The molecule has 0 unspecified atom stereocenters. The van der Waals surface area contributed by atoms with E-state index >= 15 is 0 Å². The van der Waals surface area contributed by atoms with E-state index in [1.807, 2.05) is 0 Å². The van der Waals surface area contributed by atoms with Crippen LogP contribution in [0.25, 0.3) is 0 Å². The van der Waals surface area contributed by atoms with Crippen molar-refractivity contribution in [2.75, 3.05) is 6.54 Å². The number of aromatic nitrogens is 1. The van der Waals surface area contributed by atoms with Crippen LogP contribution in [0.1, 0.15) is 49.4 Å². The Hall–Kier alpha value is -0.760. The first-order valence-electron chi connectivity index (χ1n) is 8.27. The van der Waals surface area contributed by atoms with E-state index in [0.29, 0.717) is 0 Å². The second-order valence-corrected chi connectivity index (χ2v) is 7.53. The summed E-state index contributed by atoms with van der Waals surface area (Å²) >= 11 is 0. The Labute approximate surface area is 115 Å². The zero-order chi connectivity index (χ0) is 12.4. The van der Waals surface area contributed by atoms with Gasteiger partial charge in [0.2, 0.25) is 0 Å². The van der Waals surface area contributed by atoms with Crippen molar-refractivity contribution in [3.63, 3.8) is 0 Å². The number of fused-ring (bicyclic) bond motifs is 1. The fourth-order valence-corrected chi connectivity index (χ4v) is 6.06. The minimum atomic E-state index is 0.902. The highest BCUT2D eigenvalue weighted by molar-refractivity contribution is 5.25. The van der Waals surface area contributed by atoms with Gasteiger partial charge in [0.1, 0.15) is 0 Å². The van der Waals surface area contributed by atoms with E-state index in [9.17, 15) is 0 Å². The molecule has 0 amide bonds. The van der Waals surface area contributed by atoms with Crippen molar-refractivity contribution in [3.05, 3.63) is 23.5 Å². The van der Waals surface area contributed by atoms with Gasteiger partial charge in [-0.1, -0.05) is 0 Å². The maximum Gasteiger partial charge on any atom is 0.0360 e. The molecule has 1 aromatic rings. The van der Waals surface area contributed by atoms with Crippen molar-refractivity contribution in [2.24, 2.45) is 23.7 Å². The lowest BCUT2D eigenvalue weighted by atomic mass is 9.51. The van der Waals surface area contributed by atoms with E-state index in [0.717, 1.165) is 42.7 Å². The van der Waals surface area contributed by atoms with Crippen LogP contribution in [-0.4, -0.2) is 11.1 Å². The van der Waals surface area contributed by atoms with Crippen LogP contribution >= 0.6 is 0 Å². The molecule has 4 fully saturated rings. The zero-order valence-corrected chi connectivity index (χ0v) is 11.6. The lowest BCUT2D eigenvalue weighted by molar-refractivity contribution is -0.00544. The van der Waals surface area contributed by atoms with Gasteiger partial charge in [0, 0.05) is 36.9 Å². The maximum absolute atomic E-state index is 3.50. The van der Waals surface area contributed by atoms with Gasteiger partial charge in [-0.15, -0.1) is 0 Å². The monoisotopic (exact) mass is 256 g/mol. The fraction of sp³-hybridized carbons (Fsp3) is 0.765. The van der Waals surface area contributed by atoms with E-state index < -0.39 is 0 Å². The van der Waals surface area contributed by atoms with Crippen molar-refractivity contribution in [1.82, 2.24) is 9.88 Å². The van der Waals surface area contributed by atoms with Gasteiger partial charge in [0.05, 0.1) is 0 Å². The molecule has 4 aliphatic carbocycles. The number of hydrogen-bond acceptors (Lipinski definition) is 1. The standard InChI is InChI=1S/C17H24N2/c1-2-16(19-4-3-18-10-15(1)19)17-13-6-11-5-12(8-13)9-14(17)7-11/h1-2,11-14,17-18H,3-10H2. The summed E-state index contributed by atoms with van der Waals surface area (Å²) in [5, 5.41) is 3.50. The van der Waals surface area contributed by atoms with E-state index in [1.54, 1.807) is 12.1 Å². The van der Waals surface area contributed by atoms with E-state index in [4.69, 9.17) is 0 Å². The second-order valence-electron chi connectivity index (χ2n) is 7.53. The van der Waals surface area contributed by atoms with Crippen molar-refractivity contribution in [1.29, 1.82) is 0 Å². The summed E-state index contributed by atoms with van der Waals surface area (Å²) in [5.41, 5.74) is 3.22. The molecule has 4 bridgehead atoms. The van der Waals surface area contributed by atoms with Crippen molar-refractivity contribution in [2.45, 2.75) is 51.1 Å². The third kappa shape index (κ3) is 1.53. The minimum absolute atomic E-state index is 0.902. The molecule has 1 aromatic heterocycles. The molecule has 0 radical (unpaired) electrons. The lowest BCUT2D eigenvalue weighted by Crippen LogP contribution is -2.44. The fourth-order valence-electron chi connectivity index (χ4n) is 6.06. The largest absolute Gasteiger partial charge is 0.346 e. The van der Waals surface area contributed by atoms with Gasteiger partial charge in [-0.05, 0) is 67.9 Å². The number of nitrogens with one attached hydrogen (secondary N) is 1. The highest BCUT2D eigenvalue weighted by Crippen LogP contribution is 2.59. The zero-order valence-electron chi connectivity index (χ0n) is 11.6. The SMILES string of the molecule is c1cc(C2C3CC4CC(C3)CC2C4)n2c1CNCC2. The molecule has 0 atom stereocenters. The quantitative estimate of drug-likeness (QED) is 0.817. The molecule has 2 heteroatoms. The summed E-state index contributed by atoms with van der Waals surface area (Å²) in [7, 11) is 0. The lowest BCUT2D eigenvalue weighted by Gasteiger charge is -2.54. The van der Waals surface area contributed by atoms with Gasteiger partial charge < -0.3 is 9.88 Å². The molecule has 1 N–H and O–H groups in total. The summed E-state index contributed by atoms with van der Waals surface area (Å²) in [5.74, 6) is 5.13. The summed E-state index contributed by atoms with van der Waals surface area (Å²) in [6.45, 7) is 3.43. The van der Waals surface area contributed by atoms with Crippen LogP contribution in [0.15, 0.2) is 12.1 Å². The van der Waals surface area contributed by atoms with E-state index in [-0.39, 0.29) is 0 Å². The van der Waals surface area contributed by atoms with Crippen molar-refractivity contribution < 1.29 is 0 Å². The second kappa shape index (κ2) is 3.88. The molecule has 4 saturated carbocycles. The van der Waals surface area contributed by atoms with Crippen LogP contribution in [0.4, 0.5) is 0 Å². The number of rotatable bonds is 1. The summed E-state index contributed by atoms with van der Waals surface area (Å²) in [6.07, 6.45) is 7.72. The van der Waals surface area contributed by atoms with Crippen LogP contribution in [0.2, 0.25) is 0 Å². The first kappa shape index (κ1) is 11.0. The summed E-state index contributed by atoms with van der Waals surface area (Å²) in [6, 6.07) is 4.85. The van der Waals surface area contributed by atoms with E-state index in [1.165, 1.54) is 37.9 Å². The Bertz CT molecular complexity index is 473. The van der Waals surface area contributed by atoms with Crippen molar-refractivity contribution in [3.8, 4) is 0 Å². The van der Waals surface area contributed by atoms with Gasteiger partial charge in [-0.3, -0.25) is 0 Å². The Morgan fingerprint density at radius 2 is 1.68 bits per heavy atom. The first-order chi connectivity index (χ1) is 9.38. The topological polar surface area (TPSA) is 17.0 Å². The van der Waals surface area contributed by atoms with Gasteiger partial charge >= 0.3 is 0 Å². The molecule has 0 spiro atoms. The molecule has 1 aliphatic heterocycles. The molecule has 6 rings (SSSR count). The minimum Gasteiger partial charge on any atom is -0.346 e. The summed E-state index contributed by atoms with van der Waals surface area (Å²) < 4.78 is 2.66. The molecule has 5 aliphatic rings. The third-order valence-corrected chi connectivity index (χ3v) is 6.49. The van der Waals surface area contributed by atoms with E-state index in [2.05, 4.69) is 22.0 Å². The van der Waals surface area contributed by atoms with Gasteiger partial charge in [-0.2, -0.15) is 0 Å². The smallest absolute Gasteiger partial charge is 0.0360 e. The predicted molar refractivity (Wildman–Crippen MR) is 75.9 cm³/mol. The average molecular weight is 256 g/mol. The molecule has 19 heavy (non-hydrogen) atoms. The molecular formula is C17H24N2. The molecule has 102 valence electrons. The molecule has 0 saturated heterocycles. The van der Waals surface area contributed by atoms with Crippen molar-refractivity contribution >= 4 is 0 Å². The highest BCUT2D eigenvalue weighted by Gasteiger charge is 2.49. The Balaban J connectivity index is 1.54. The first-order valence-corrected chi connectivity index (χ1v) is 8.27. The molecule has 2 heterocycles. The summed E-state index contributed by atoms with van der Waals surface area (Å²) in [4.78, 5) is 0. The molecule has 2 nitrogen and oxygen atoms in total. The Morgan fingerprint density at radius 3 is 2.42 bits per heavy atom. The Kier molecular flexibility index (Phi) is 2.24. The van der Waals surface area contributed by atoms with Crippen LogP contribution in [-0.2, 0) is 13.1 Å². The number of hydrogen-bond donors (Lipinski definition) is 1. The van der Waals surface area contributed by atoms with Gasteiger partial charge in [0.15, 0.2) is 0 Å². The highest BCUT2D eigenvalue weighted by atomic mass is 15.1. The van der Waals surface area contributed by atoms with Crippen LogP contribution in [0.5, 0.6) is 0 Å². The third-order valence-electron chi connectivity index (χ3n) is 6.49. The van der Waals surface area contributed by atoms with Crippen LogP contribution in [0.3, 0.4) is 0 Å². The Morgan fingerprint density at radius 1 is 0.947 bits per heavy atom. The van der Waals surface area contributed by atoms with Crippen LogP contribution in [0, 0.1) is 23.7 Å². The van der Waals surface area contributed by atoms with Gasteiger partial charge in [0.25, 0.3) is 0 Å². The maximum atomic E-state index is 3.50.